The lowest BCUT2D eigenvalue weighted by Crippen LogP contribution is -2.37. The van der Waals surface area contributed by atoms with Crippen LogP contribution < -0.4 is 10.2 Å². The average molecular weight is 264 g/mol. The number of rotatable bonds is 7. The Kier molecular flexibility index (Phi) is 6.04. The summed E-state index contributed by atoms with van der Waals surface area (Å²) in [4.78, 5) is 11.0. The van der Waals surface area contributed by atoms with Crippen molar-refractivity contribution in [1.82, 2.24) is 15.3 Å². The van der Waals surface area contributed by atoms with Crippen LogP contribution >= 0.6 is 0 Å². The van der Waals surface area contributed by atoms with E-state index in [1.165, 1.54) is 19.3 Å². The third kappa shape index (κ3) is 4.76. The first kappa shape index (κ1) is 14.2. The zero-order chi connectivity index (χ0) is 13.3. The normalized spacial score (nSPS) is 15.7. The summed E-state index contributed by atoms with van der Waals surface area (Å²) in [6.45, 7) is 7.45. The lowest BCUT2D eigenvalue weighted by molar-refractivity contribution is 0.122. The van der Waals surface area contributed by atoms with Crippen LogP contribution in [0, 0.1) is 0 Å². The minimum atomic E-state index is 0.768. The third-order valence-corrected chi connectivity index (χ3v) is 3.27. The summed E-state index contributed by atoms with van der Waals surface area (Å²) < 4.78 is 5.32. The number of morpholine rings is 1. The van der Waals surface area contributed by atoms with E-state index in [1.54, 1.807) is 0 Å². The Bertz CT molecular complexity index is 349. The van der Waals surface area contributed by atoms with Gasteiger partial charge in [-0.3, -0.25) is 0 Å². The summed E-state index contributed by atoms with van der Waals surface area (Å²) in [5, 5.41) is 3.42. The lowest BCUT2D eigenvalue weighted by Gasteiger charge is -2.26. The van der Waals surface area contributed by atoms with Gasteiger partial charge in [-0.2, -0.15) is 0 Å². The molecule has 1 fully saturated rings. The maximum absolute atomic E-state index is 5.32. The number of anilines is 1. The molecule has 19 heavy (non-hydrogen) atoms. The van der Waals surface area contributed by atoms with Gasteiger partial charge in [0.1, 0.15) is 0 Å². The molecule has 1 aliphatic rings. The van der Waals surface area contributed by atoms with E-state index in [1.807, 2.05) is 12.4 Å². The zero-order valence-corrected chi connectivity index (χ0v) is 11.8. The quantitative estimate of drug-likeness (QED) is 0.758. The second-order valence-corrected chi connectivity index (χ2v) is 4.87. The summed E-state index contributed by atoms with van der Waals surface area (Å²) in [5.74, 6) is 0.818. The van der Waals surface area contributed by atoms with Crippen molar-refractivity contribution in [3.63, 3.8) is 0 Å². The fourth-order valence-corrected chi connectivity index (χ4v) is 2.10. The molecule has 0 radical (unpaired) electrons. The molecule has 0 bridgehead atoms. The minimum Gasteiger partial charge on any atom is -0.378 e. The Labute approximate surface area is 115 Å². The highest BCUT2D eigenvalue weighted by Crippen LogP contribution is 2.09. The van der Waals surface area contributed by atoms with Gasteiger partial charge in [0, 0.05) is 37.6 Å². The molecule has 0 saturated carbocycles. The van der Waals surface area contributed by atoms with Gasteiger partial charge in [-0.05, 0) is 13.0 Å². The van der Waals surface area contributed by atoms with Gasteiger partial charge >= 0.3 is 0 Å². The Hall–Kier alpha value is -1.20. The Morgan fingerprint density at radius 3 is 2.63 bits per heavy atom. The molecule has 2 rings (SSSR count). The van der Waals surface area contributed by atoms with Crippen LogP contribution in [-0.2, 0) is 11.3 Å². The molecular formula is C14H24N4O. The van der Waals surface area contributed by atoms with E-state index in [0.717, 1.165) is 50.9 Å². The van der Waals surface area contributed by atoms with Crippen LogP contribution in [0.3, 0.4) is 0 Å². The molecule has 5 nitrogen and oxygen atoms in total. The molecular weight excluding hydrogens is 240 g/mol. The van der Waals surface area contributed by atoms with Crippen molar-refractivity contribution in [1.29, 1.82) is 0 Å². The first-order chi connectivity index (χ1) is 9.40. The second-order valence-electron chi connectivity index (χ2n) is 4.87. The van der Waals surface area contributed by atoms with Gasteiger partial charge in [-0.1, -0.05) is 19.8 Å². The topological polar surface area (TPSA) is 50.3 Å². The molecule has 106 valence electrons. The van der Waals surface area contributed by atoms with Crippen molar-refractivity contribution < 1.29 is 4.74 Å². The van der Waals surface area contributed by atoms with Crippen LogP contribution in [0.4, 0.5) is 5.95 Å². The summed E-state index contributed by atoms with van der Waals surface area (Å²) in [6, 6.07) is 0. The molecule has 1 aromatic rings. The molecule has 1 aromatic heterocycles. The van der Waals surface area contributed by atoms with Gasteiger partial charge in [0.05, 0.1) is 13.2 Å². The van der Waals surface area contributed by atoms with E-state index in [0.29, 0.717) is 0 Å². The molecule has 0 amide bonds. The van der Waals surface area contributed by atoms with Gasteiger partial charge in [-0.25, -0.2) is 9.97 Å². The second kappa shape index (κ2) is 8.07. The van der Waals surface area contributed by atoms with Crippen LogP contribution in [0.5, 0.6) is 0 Å². The van der Waals surface area contributed by atoms with Crippen molar-refractivity contribution in [2.45, 2.75) is 32.7 Å². The first-order valence-electron chi connectivity index (χ1n) is 7.24. The van der Waals surface area contributed by atoms with E-state index in [-0.39, 0.29) is 0 Å². The molecule has 0 aromatic carbocycles. The number of aromatic nitrogens is 2. The van der Waals surface area contributed by atoms with Crippen LogP contribution in [-0.4, -0.2) is 42.8 Å². The van der Waals surface area contributed by atoms with Crippen LogP contribution in [0.2, 0.25) is 0 Å². The van der Waals surface area contributed by atoms with Crippen LogP contribution in [0.1, 0.15) is 31.7 Å². The zero-order valence-electron chi connectivity index (χ0n) is 11.8. The van der Waals surface area contributed by atoms with E-state index >= 15 is 0 Å². The van der Waals surface area contributed by atoms with Crippen molar-refractivity contribution in [2.24, 2.45) is 0 Å². The molecule has 0 spiro atoms. The number of nitrogens with one attached hydrogen (secondary N) is 1. The van der Waals surface area contributed by atoms with Crippen molar-refractivity contribution in [3.8, 4) is 0 Å². The van der Waals surface area contributed by atoms with E-state index in [9.17, 15) is 0 Å². The largest absolute Gasteiger partial charge is 0.378 e. The minimum absolute atomic E-state index is 0.768. The number of unbranched alkanes of at least 4 members (excludes halogenated alkanes) is 2. The summed E-state index contributed by atoms with van der Waals surface area (Å²) >= 11 is 0. The monoisotopic (exact) mass is 264 g/mol. The number of hydrogen-bond acceptors (Lipinski definition) is 5. The highest BCUT2D eigenvalue weighted by Gasteiger charge is 2.13. The summed E-state index contributed by atoms with van der Waals surface area (Å²) in [7, 11) is 0. The molecule has 2 heterocycles. The lowest BCUT2D eigenvalue weighted by atomic mass is 10.2. The molecule has 1 saturated heterocycles. The number of hydrogen-bond donors (Lipinski definition) is 1. The van der Waals surface area contributed by atoms with Gasteiger partial charge in [0.2, 0.25) is 5.95 Å². The van der Waals surface area contributed by atoms with Gasteiger partial charge in [0.25, 0.3) is 0 Å². The third-order valence-electron chi connectivity index (χ3n) is 3.27. The standard InChI is InChI=1S/C14H24N4O/c1-2-3-4-5-15-10-13-11-16-14(17-12-13)18-6-8-19-9-7-18/h11-12,15H,2-10H2,1H3. The summed E-state index contributed by atoms with van der Waals surface area (Å²) in [6.07, 6.45) is 7.64. The predicted molar refractivity (Wildman–Crippen MR) is 76.3 cm³/mol. The van der Waals surface area contributed by atoms with Crippen molar-refractivity contribution in [2.75, 3.05) is 37.7 Å². The smallest absolute Gasteiger partial charge is 0.225 e. The molecule has 1 N–H and O–H groups in total. The SMILES string of the molecule is CCCCCNCc1cnc(N2CCOCC2)nc1. The number of ether oxygens (including phenoxy) is 1. The molecule has 5 heteroatoms. The molecule has 0 atom stereocenters. The first-order valence-corrected chi connectivity index (χ1v) is 7.24. The van der Waals surface area contributed by atoms with Gasteiger partial charge in [-0.15, -0.1) is 0 Å². The molecule has 1 aliphatic heterocycles. The highest BCUT2D eigenvalue weighted by atomic mass is 16.5. The van der Waals surface area contributed by atoms with Gasteiger partial charge in [0.15, 0.2) is 0 Å². The van der Waals surface area contributed by atoms with E-state index < -0.39 is 0 Å². The Balaban J connectivity index is 1.74. The maximum atomic E-state index is 5.32. The molecule has 0 unspecified atom stereocenters. The van der Waals surface area contributed by atoms with E-state index in [4.69, 9.17) is 4.74 Å². The highest BCUT2D eigenvalue weighted by molar-refractivity contribution is 5.30. The van der Waals surface area contributed by atoms with Crippen molar-refractivity contribution in [3.05, 3.63) is 18.0 Å². The van der Waals surface area contributed by atoms with Crippen LogP contribution in [0.15, 0.2) is 12.4 Å². The number of nitrogens with zero attached hydrogens (tertiary/aromatic N) is 3. The fourth-order valence-electron chi connectivity index (χ4n) is 2.10. The van der Waals surface area contributed by atoms with Crippen molar-refractivity contribution >= 4 is 5.95 Å². The average Bonchev–Trinajstić information content (AvgIpc) is 2.49. The Morgan fingerprint density at radius 1 is 1.21 bits per heavy atom. The predicted octanol–water partition coefficient (Wildman–Crippen LogP) is 1.59. The summed E-state index contributed by atoms with van der Waals surface area (Å²) in [5.41, 5.74) is 1.15. The maximum Gasteiger partial charge on any atom is 0.225 e. The molecule has 0 aliphatic carbocycles. The Morgan fingerprint density at radius 2 is 1.95 bits per heavy atom. The van der Waals surface area contributed by atoms with Gasteiger partial charge < -0.3 is 15.0 Å². The van der Waals surface area contributed by atoms with E-state index in [2.05, 4.69) is 27.1 Å². The van der Waals surface area contributed by atoms with Crippen LogP contribution in [0.25, 0.3) is 0 Å². The fraction of sp³-hybridized carbons (Fsp3) is 0.714.